The number of piperazine rings is 1. The predicted molar refractivity (Wildman–Crippen MR) is 92.6 cm³/mol. The summed E-state index contributed by atoms with van der Waals surface area (Å²) >= 11 is 0. The molecule has 0 saturated carbocycles. The van der Waals surface area contributed by atoms with Gasteiger partial charge in [0.2, 0.25) is 5.91 Å². The maximum Gasteiger partial charge on any atom is 0.236 e. The minimum Gasteiger partial charge on any atom is -0.361 e. The maximum absolute atomic E-state index is 12.7. The van der Waals surface area contributed by atoms with Gasteiger partial charge in [-0.05, 0) is 32.6 Å². The second kappa shape index (κ2) is 8.12. The molecule has 2 fully saturated rings. The van der Waals surface area contributed by atoms with E-state index in [0.29, 0.717) is 18.5 Å². The lowest BCUT2D eigenvalue weighted by Crippen LogP contribution is -2.52. The van der Waals surface area contributed by atoms with Crippen molar-refractivity contribution in [1.29, 1.82) is 0 Å². The molecule has 0 aliphatic carbocycles. The Morgan fingerprint density at radius 2 is 1.96 bits per heavy atom. The molecule has 2 saturated heterocycles. The van der Waals surface area contributed by atoms with E-state index in [1.807, 2.05) is 13.0 Å². The van der Waals surface area contributed by atoms with Crippen LogP contribution in [0.1, 0.15) is 44.1 Å². The van der Waals surface area contributed by atoms with Crippen LogP contribution in [0.4, 0.5) is 0 Å². The van der Waals surface area contributed by atoms with Crippen molar-refractivity contribution in [2.45, 2.75) is 52.1 Å². The summed E-state index contributed by atoms with van der Waals surface area (Å²) in [6, 6.07) is 2.46. The van der Waals surface area contributed by atoms with E-state index in [2.05, 4.69) is 26.8 Å². The Morgan fingerprint density at radius 1 is 1.21 bits per heavy atom. The van der Waals surface area contributed by atoms with Crippen molar-refractivity contribution in [2.24, 2.45) is 0 Å². The van der Waals surface area contributed by atoms with E-state index in [4.69, 9.17) is 4.52 Å². The molecule has 1 amide bonds. The first-order valence-corrected chi connectivity index (χ1v) is 9.32. The summed E-state index contributed by atoms with van der Waals surface area (Å²) < 4.78 is 5.13. The van der Waals surface area contributed by atoms with Crippen molar-refractivity contribution in [3.63, 3.8) is 0 Å². The van der Waals surface area contributed by atoms with Crippen LogP contribution in [0, 0.1) is 6.92 Å². The van der Waals surface area contributed by atoms with Crippen molar-refractivity contribution in [3.8, 4) is 0 Å². The number of aryl methyl sites for hydroxylation is 1. The van der Waals surface area contributed by atoms with Gasteiger partial charge in [0.25, 0.3) is 0 Å². The molecule has 2 aliphatic rings. The first kappa shape index (κ1) is 17.4. The average Bonchev–Trinajstić information content (AvgIpc) is 3.01. The van der Waals surface area contributed by atoms with Crippen LogP contribution in [-0.4, -0.2) is 71.1 Å². The lowest BCUT2D eigenvalue weighted by Gasteiger charge is -2.38. The van der Waals surface area contributed by atoms with Crippen LogP contribution in [-0.2, 0) is 11.3 Å². The van der Waals surface area contributed by atoms with Gasteiger partial charge in [0.05, 0.1) is 12.2 Å². The highest BCUT2D eigenvalue weighted by Gasteiger charge is 2.27. The Balaban J connectivity index is 1.44. The number of amides is 1. The third kappa shape index (κ3) is 4.36. The third-order valence-corrected chi connectivity index (χ3v) is 5.30. The minimum atomic E-state index is 0.321. The van der Waals surface area contributed by atoms with E-state index < -0.39 is 0 Å². The molecule has 2 aliphatic heterocycles. The Morgan fingerprint density at radius 3 is 2.62 bits per heavy atom. The molecule has 1 unspecified atom stereocenters. The molecule has 0 bridgehead atoms. The molecule has 0 N–H and O–H groups in total. The molecule has 134 valence electrons. The zero-order valence-corrected chi connectivity index (χ0v) is 15.0. The molecule has 3 rings (SSSR count). The summed E-state index contributed by atoms with van der Waals surface area (Å²) in [5, 5.41) is 4.07. The molecule has 1 atom stereocenters. The average molecular weight is 334 g/mol. The summed E-state index contributed by atoms with van der Waals surface area (Å²) in [5.74, 6) is 1.18. The highest BCUT2D eigenvalue weighted by molar-refractivity contribution is 5.78. The molecule has 0 aromatic carbocycles. The topological polar surface area (TPSA) is 52.8 Å². The van der Waals surface area contributed by atoms with Gasteiger partial charge in [-0.2, -0.15) is 0 Å². The lowest BCUT2D eigenvalue weighted by molar-refractivity contribution is -0.136. The number of nitrogens with zero attached hydrogens (tertiary/aromatic N) is 4. The molecule has 0 radical (unpaired) electrons. The monoisotopic (exact) mass is 334 g/mol. The van der Waals surface area contributed by atoms with Gasteiger partial charge in [-0.3, -0.25) is 14.6 Å². The number of aromatic nitrogens is 1. The lowest BCUT2D eigenvalue weighted by atomic mass is 10.00. The van der Waals surface area contributed by atoms with Gasteiger partial charge in [0.1, 0.15) is 5.76 Å². The van der Waals surface area contributed by atoms with Crippen LogP contribution >= 0.6 is 0 Å². The second-order valence-electron chi connectivity index (χ2n) is 7.13. The largest absolute Gasteiger partial charge is 0.361 e. The zero-order chi connectivity index (χ0) is 16.9. The molecular formula is C18H30N4O2. The van der Waals surface area contributed by atoms with Crippen LogP contribution in [0.2, 0.25) is 0 Å². The number of likely N-dealkylation sites (tertiary alicyclic amines) is 1. The van der Waals surface area contributed by atoms with E-state index in [1.165, 1.54) is 12.8 Å². The molecule has 6 heteroatoms. The third-order valence-electron chi connectivity index (χ3n) is 5.30. The molecule has 0 spiro atoms. The van der Waals surface area contributed by atoms with Crippen LogP contribution in [0.25, 0.3) is 0 Å². The maximum atomic E-state index is 12.7. The number of hydrogen-bond acceptors (Lipinski definition) is 5. The first-order valence-electron chi connectivity index (χ1n) is 9.32. The quantitative estimate of drug-likeness (QED) is 0.823. The molecule has 6 nitrogen and oxygen atoms in total. The highest BCUT2D eigenvalue weighted by Crippen LogP contribution is 2.20. The summed E-state index contributed by atoms with van der Waals surface area (Å²) in [6.45, 7) is 10.3. The Kier molecular flexibility index (Phi) is 5.89. The standard InChI is InChI=1S/C18H30N4O2/c1-3-17-6-4-5-7-22(17)18(23)14-21-10-8-20(9-11-21)13-16-12-15(2)24-19-16/h12,17H,3-11,13-14H2,1-2H3. The molecule has 1 aromatic rings. The van der Waals surface area contributed by atoms with Crippen LogP contribution in [0.15, 0.2) is 10.6 Å². The molecule has 1 aromatic heterocycles. The predicted octanol–water partition coefficient (Wildman–Crippen LogP) is 1.89. The summed E-state index contributed by atoms with van der Waals surface area (Å²) in [6.07, 6.45) is 4.68. The second-order valence-corrected chi connectivity index (χ2v) is 7.13. The van der Waals surface area contributed by atoms with E-state index in [9.17, 15) is 4.79 Å². The van der Waals surface area contributed by atoms with Gasteiger partial charge < -0.3 is 9.42 Å². The van der Waals surface area contributed by atoms with Crippen molar-refractivity contribution in [3.05, 3.63) is 17.5 Å². The van der Waals surface area contributed by atoms with Gasteiger partial charge >= 0.3 is 0 Å². The van der Waals surface area contributed by atoms with Crippen molar-refractivity contribution >= 4 is 5.91 Å². The van der Waals surface area contributed by atoms with Gasteiger partial charge in [-0.25, -0.2) is 0 Å². The fourth-order valence-electron chi connectivity index (χ4n) is 3.86. The van der Waals surface area contributed by atoms with Crippen LogP contribution in [0.3, 0.4) is 0 Å². The Labute approximate surface area is 144 Å². The minimum absolute atomic E-state index is 0.321. The SMILES string of the molecule is CCC1CCCCN1C(=O)CN1CCN(Cc2cc(C)on2)CC1. The summed E-state index contributed by atoms with van der Waals surface area (Å²) in [7, 11) is 0. The molecule has 3 heterocycles. The normalized spacial score (nSPS) is 23.6. The van der Waals surface area contributed by atoms with Gasteiger partial charge in [-0.15, -0.1) is 0 Å². The fraction of sp³-hybridized carbons (Fsp3) is 0.778. The van der Waals surface area contributed by atoms with E-state index in [0.717, 1.165) is 63.6 Å². The first-order chi connectivity index (χ1) is 11.7. The summed E-state index contributed by atoms with van der Waals surface area (Å²) in [4.78, 5) is 19.5. The summed E-state index contributed by atoms with van der Waals surface area (Å²) in [5.41, 5.74) is 0.996. The van der Waals surface area contributed by atoms with E-state index >= 15 is 0 Å². The Bertz CT molecular complexity index is 537. The van der Waals surface area contributed by atoms with Crippen LogP contribution in [0.5, 0.6) is 0 Å². The number of carbonyl (C=O) groups is 1. The van der Waals surface area contributed by atoms with Gasteiger partial charge in [0.15, 0.2) is 0 Å². The smallest absolute Gasteiger partial charge is 0.236 e. The van der Waals surface area contributed by atoms with Crippen molar-refractivity contribution < 1.29 is 9.32 Å². The van der Waals surface area contributed by atoms with Gasteiger partial charge in [0, 0.05) is 51.4 Å². The zero-order valence-electron chi connectivity index (χ0n) is 15.0. The van der Waals surface area contributed by atoms with Crippen LogP contribution < -0.4 is 0 Å². The van der Waals surface area contributed by atoms with Crippen molar-refractivity contribution in [1.82, 2.24) is 19.9 Å². The highest BCUT2D eigenvalue weighted by atomic mass is 16.5. The van der Waals surface area contributed by atoms with E-state index in [1.54, 1.807) is 0 Å². The van der Waals surface area contributed by atoms with Gasteiger partial charge in [-0.1, -0.05) is 12.1 Å². The van der Waals surface area contributed by atoms with Crippen molar-refractivity contribution in [2.75, 3.05) is 39.3 Å². The number of carbonyl (C=O) groups excluding carboxylic acids is 1. The number of piperidine rings is 1. The number of hydrogen-bond donors (Lipinski definition) is 0. The van der Waals surface area contributed by atoms with E-state index in [-0.39, 0.29) is 0 Å². The molecular weight excluding hydrogens is 304 g/mol. The fourth-order valence-corrected chi connectivity index (χ4v) is 3.86. The number of rotatable bonds is 5. The molecule has 24 heavy (non-hydrogen) atoms. The Hall–Kier alpha value is -1.40.